The van der Waals surface area contributed by atoms with Crippen LogP contribution < -0.4 is 10.2 Å². The van der Waals surface area contributed by atoms with Crippen LogP contribution in [0.5, 0.6) is 0 Å². The Bertz CT molecular complexity index is 1020. The van der Waals surface area contributed by atoms with Gasteiger partial charge >= 0.3 is 0 Å². The van der Waals surface area contributed by atoms with Crippen LogP contribution in [0.15, 0.2) is 48.1 Å². The van der Waals surface area contributed by atoms with Crippen molar-refractivity contribution in [3.8, 4) is 0 Å². The van der Waals surface area contributed by atoms with Gasteiger partial charge in [0.15, 0.2) is 9.84 Å². The maximum absolute atomic E-state index is 12.4. The summed E-state index contributed by atoms with van der Waals surface area (Å²) in [7, 11) is -3.24. The van der Waals surface area contributed by atoms with Crippen LogP contribution in [-0.2, 0) is 9.84 Å². The Hall–Kier alpha value is -2.45. The molecule has 1 aliphatic heterocycles. The molecule has 160 valence electrons. The molecule has 0 radical (unpaired) electrons. The molecule has 9 heteroatoms. The first kappa shape index (κ1) is 22.2. The van der Waals surface area contributed by atoms with E-state index in [0.29, 0.717) is 5.82 Å². The average Bonchev–Trinajstić information content (AvgIpc) is 3.22. The van der Waals surface area contributed by atoms with E-state index in [-0.39, 0.29) is 17.5 Å². The molecule has 1 amide bonds. The van der Waals surface area contributed by atoms with Gasteiger partial charge in [-0.15, -0.1) is 0 Å². The van der Waals surface area contributed by atoms with Gasteiger partial charge < -0.3 is 10.2 Å². The molecule has 1 fully saturated rings. The lowest BCUT2D eigenvalue weighted by atomic mass is 10.0. The van der Waals surface area contributed by atoms with E-state index in [1.165, 1.54) is 12.3 Å². The maximum Gasteiger partial charge on any atom is 0.271 e. The fraction of sp³-hybridized carbons (Fsp3) is 0.381. The van der Waals surface area contributed by atoms with E-state index in [0.717, 1.165) is 35.4 Å². The normalized spacial score (nSPS) is 18.0. The molecule has 1 saturated heterocycles. The molecule has 2 aromatic rings. The van der Waals surface area contributed by atoms with E-state index < -0.39 is 21.8 Å². The summed E-state index contributed by atoms with van der Waals surface area (Å²) in [6, 6.07) is 7.45. The number of carbonyl (C=O) groups is 1. The summed E-state index contributed by atoms with van der Waals surface area (Å²) < 4.78 is 23.1. The van der Waals surface area contributed by atoms with Crippen molar-refractivity contribution < 1.29 is 13.2 Å². The third-order valence-electron chi connectivity index (χ3n) is 5.02. The predicted octanol–water partition coefficient (Wildman–Crippen LogP) is 3.54. The number of anilines is 1. The fourth-order valence-electron chi connectivity index (χ4n) is 3.36. The molecule has 1 aromatic carbocycles. The second-order valence-electron chi connectivity index (χ2n) is 7.17. The zero-order chi connectivity index (χ0) is 21.7. The maximum atomic E-state index is 12.4. The van der Waals surface area contributed by atoms with Crippen LogP contribution in [0.25, 0.3) is 0 Å². The molecule has 0 aliphatic carbocycles. The molecule has 1 aromatic heterocycles. The summed E-state index contributed by atoms with van der Waals surface area (Å²) in [5.74, 6) is 0.295. The van der Waals surface area contributed by atoms with Crippen molar-refractivity contribution in [1.82, 2.24) is 15.3 Å². The lowest BCUT2D eigenvalue weighted by Gasteiger charge is -2.26. The smallest absolute Gasteiger partial charge is 0.271 e. The van der Waals surface area contributed by atoms with Crippen LogP contribution in [-0.4, -0.2) is 42.6 Å². The highest BCUT2D eigenvalue weighted by Gasteiger charge is 2.28. The minimum absolute atomic E-state index is 0.0167. The van der Waals surface area contributed by atoms with Crippen molar-refractivity contribution in [2.24, 2.45) is 0 Å². The Labute approximate surface area is 182 Å². The Morgan fingerprint density at radius 2 is 2.10 bits per heavy atom. The van der Waals surface area contributed by atoms with E-state index in [1.54, 1.807) is 20.0 Å². The Balaban J connectivity index is 1.68. The molecule has 1 aliphatic rings. The number of benzene rings is 1. The molecular formula is C21H25ClN4O3S. The van der Waals surface area contributed by atoms with E-state index in [9.17, 15) is 13.2 Å². The summed E-state index contributed by atoms with van der Waals surface area (Å²) in [6.45, 7) is 4.10. The number of hydrogen-bond acceptors (Lipinski definition) is 6. The Morgan fingerprint density at radius 3 is 2.77 bits per heavy atom. The number of halogens is 1. The molecule has 0 bridgehead atoms. The highest BCUT2D eigenvalue weighted by Crippen LogP contribution is 2.37. The van der Waals surface area contributed by atoms with Crippen molar-refractivity contribution in [2.75, 3.05) is 17.2 Å². The van der Waals surface area contributed by atoms with E-state index in [2.05, 4.69) is 20.2 Å². The fourth-order valence-corrected chi connectivity index (χ4v) is 4.29. The van der Waals surface area contributed by atoms with Crippen molar-refractivity contribution in [3.63, 3.8) is 0 Å². The summed E-state index contributed by atoms with van der Waals surface area (Å²) in [6.07, 6.45) is 6.46. The van der Waals surface area contributed by atoms with Gasteiger partial charge in [0, 0.05) is 23.0 Å². The van der Waals surface area contributed by atoms with Gasteiger partial charge in [0.2, 0.25) is 0 Å². The number of rotatable bonds is 7. The SMILES string of the molecule is CCS(=O)(=O)/C=C/[C@@H](C)NC(=O)c1cnc(N2CCC[C@H]2c2ccccc2Cl)cn1. The molecule has 0 unspecified atom stereocenters. The molecule has 0 spiro atoms. The van der Waals surface area contributed by atoms with Crippen LogP contribution >= 0.6 is 11.6 Å². The quantitative estimate of drug-likeness (QED) is 0.696. The number of sulfone groups is 1. The van der Waals surface area contributed by atoms with Crippen molar-refractivity contribution >= 4 is 33.2 Å². The van der Waals surface area contributed by atoms with E-state index >= 15 is 0 Å². The third-order valence-corrected chi connectivity index (χ3v) is 6.74. The van der Waals surface area contributed by atoms with Crippen LogP contribution in [0.2, 0.25) is 5.02 Å². The highest BCUT2D eigenvalue weighted by molar-refractivity contribution is 7.94. The van der Waals surface area contributed by atoms with Crippen molar-refractivity contribution in [3.05, 3.63) is 64.4 Å². The minimum atomic E-state index is -3.24. The highest BCUT2D eigenvalue weighted by atomic mass is 35.5. The number of nitrogens with zero attached hydrogens (tertiary/aromatic N) is 3. The van der Waals surface area contributed by atoms with Crippen LogP contribution in [0, 0.1) is 0 Å². The zero-order valence-corrected chi connectivity index (χ0v) is 18.5. The number of hydrogen-bond donors (Lipinski definition) is 1. The van der Waals surface area contributed by atoms with Crippen LogP contribution in [0.1, 0.15) is 48.8 Å². The van der Waals surface area contributed by atoms with Gasteiger partial charge in [-0.3, -0.25) is 4.79 Å². The largest absolute Gasteiger partial charge is 0.348 e. The molecule has 2 atom stereocenters. The second-order valence-corrected chi connectivity index (χ2v) is 9.76. The van der Waals surface area contributed by atoms with Gasteiger partial charge in [-0.1, -0.05) is 42.8 Å². The van der Waals surface area contributed by atoms with E-state index in [1.807, 2.05) is 24.3 Å². The predicted molar refractivity (Wildman–Crippen MR) is 118 cm³/mol. The molecule has 7 nitrogen and oxygen atoms in total. The number of amides is 1. The van der Waals surface area contributed by atoms with Crippen LogP contribution in [0.3, 0.4) is 0 Å². The number of carbonyl (C=O) groups excluding carboxylic acids is 1. The summed E-state index contributed by atoms with van der Waals surface area (Å²) >= 11 is 6.38. The molecule has 0 saturated carbocycles. The Morgan fingerprint density at radius 1 is 1.33 bits per heavy atom. The summed E-state index contributed by atoms with van der Waals surface area (Å²) in [4.78, 5) is 23.2. The molecule has 1 N–H and O–H groups in total. The minimum Gasteiger partial charge on any atom is -0.348 e. The van der Waals surface area contributed by atoms with Crippen molar-refractivity contribution in [1.29, 1.82) is 0 Å². The van der Waals surface area contributed by atoms with Crippen LogP contribution in [0.4, 0.5) is 5.82 Å². The monoisotopic (exact) mass is 448 g/mol. The molecule has 30 heavy (non-hydrogen) atoms. The van der Waals surface area contributed by atoms with E-state index in [4.69, 9.17) is 11.6 Å². The molecule has 3 rings (SSSR count). The van der Waals surface area contributed by atoms with Gasteiger partial charge in [-0.25, -0.2) is 18.4 Å². The summed E-state index contributed by atoms with van der Waals surface area (Å²) in [5, 5.41) is 4.55. The first-order chi connectivity index (χ1) is 14.3. The lowest BCUT2D eigenvalue weighted by molar-refractivity contribution is 0.0941. The second kappa shape index (κ2) is 9.57. The molecular weight excluding hydrogens is 424 g/mol. The number of aromatic nitrogens is 2. The summed E-state index contributed by atoms with van der Waals surface area (Å²) in [5.41, 5.74) is 1.23. The zero-order valence-electron chi connectivity index (χ0n) is 17.0. The van der Waals surface area contributed by atoms with Crippen molar-refractivity contribution in [2.45, 2.75) is 38.8 Å². The first-order valence-corrected chi connectivity index (χ1v) is 11.9. The van der Waals surface area contributed by atoms with Gasteiger partial charge in [0.1, 0.15) is 11.5 Å². The van der Waals surface area contributed by atoms with Gasteiger partial charge in [-0.05, 0) is 31.4 Å². The number of nitrogens with one attached hydrogen (secondary N) is 1. The third kappa shape index (κ3) is 5.37. The Kier molecular flexibility index (Phi) is 7.10. The van der Waals surface area contributed by atoms with Gasteiger partial charge in [0.25, 0.3) is 5.91 Å². The van der Waals surface area contributed by atoms with Gasteiger partial charge in [-0.2, -0.15) is 0 Å². The molecule has 2 heterocycles. The average molecular weight is 449 g/mol. The topological polar surface area (TPSA) is 92.3 Å². The standard InChI is InChI=1S/C21H25ClN4O3S/c1-3-30(28,29)12-10-15(2)25-21(27)18-13-24-20(14-23-18)26-11-6-9-19(26)16-7-4-5-8-17(16)22/h4-5,7-8,10,12-15,19H,3,6,9,11H2,1-2H3,(H,25,27)/b12-10+/t15-,19+/m1/s1. The first-order valence-electron chi connectivity index (χ1n) is 9.85. The lowest BCUT2D eigenvalue weighted by Crippen LogP contribution is -2.32. The van der Waals surface area contributed by atoms with Gasteiger partial charge in [0.05, 0.1) is 24.2 Å².